The second kappa shape index (κ2) is 11.0. The van der Waals surface area contributed by atoms with Gasteiger partial charge in [0.25, 0.3) is 5.91 Å². The highest BCUT2D eigenvalue weighted by atomic mass is 35.5. The van der Waals surface area contributed by atoms with Crippen LogP contribution in [0.25, 0.3) is 0 Å². The summed E-state index contributed by atoms with van der Waals surface area (Å²) in [4.78, 5) is 42.4. The van der Waals surface area contributed by atoms with Gasteiger partial charge in [0, 0.05) is 32.2 Å². The van der Waals surface area contributed by atoms with Gasteiger partial charge in [-0.3, -0.25) is 19.3 Å². The molecule has 3 amide bonds. The fourth-order valence-corrected chi connectivity index (χ4v) is 4.42. The largest absolute Gasteiger partial charge is 0.352 e. The number of hydrogen-bond acceptors (Lipinski definition) is 4. The maximum Gasteiger partial charge on any atom is 0.253 e. The fraction of sp³-hybridized carbons (Fsp3) is 0.423. The highest BCUT2D eigenvalue weighted by Gasteiger charge is 2.31. The Morgan fingerprint density at radius 1 is 0.971 bits per heavy atom. The highest BCUT2D eigenvalue weighted by Crippen LogP contribution is 2.22. The molecule has 2 aromatic carbocycles. The quantitative estimate of drug-likeness (QED) is 0.606. The Hall–Kier alpha value is -2.90. The topological polar surface area (TPSA) is 81.8 Å². The number of benzene rings is 2. The fourth-order valence-electron chi connectivity index (χ4n) is 4.20. The van der Waals surface area contributed by atoms with Crippen LogP contribution >= 0.6 is 11.6 Å². The number of amides is 3. The van der Waals surface area contributed by atoms with Gasteiger partial charge in [0.1, 0.15) is 0 Å². The van der Waals surface area contributed by atoms with Crippen LogP contribution in [0.4, 0.5) is 0 Å². The van der Waals surface area contributed by atoms with Gasteiger partial charge in [-0.1, -0.05) is 54.1 Å². The third-order valence-electron chi connectivity index (χ3n) is 6.52. The van der Waals surface area contributed by atoms with Crippen molar-refractivity contribution in [1.29, 1.82) is 0 Å². The lowest BCUT2D eigenvalue weighted by molar-refractivity contribution is -0.134. The molecule has 2 N–H and O–H groups in total. The summed E-state index contributed by atoms with van der Waals surface area (Å²) in [7, 11) is 0. The van der Waals surface area contributed by atoms with Crippen LogP contribution in [0.15, 0.2) is 54.6 Å². The van der Waals surface area contributed by atoms with Crippen molar-refractivity contribution in [2.75, 3.05) is 26.2 Å². The molecule has 2 fully saturated rings. The summed E-state index contributed by atoms with van der Waals surface area (Å²) in [6, 6.07) is 16.0. The molecule has 180 valence electrons. The van der Waals surface area contributed by atoms with Gasteiger partial charge in [-0.25, -0.2) is 0 Å². The molecule has 1 aliphatic heterocycles. The summed E-state index contributed by atoms with van der Waals surface area (Å²) >= 11 is 6.20. The van der Waals surface area contributed by atoms with Gasteiger partial charge < -0.3 is 15.5 Å². The summed E-state index contributed by atoms with van der Waals surface area (Å²) in [6.07, 6.45) is 2.28. The molecule has 2 atom stereocenters. The van der Waals surface area contributed by atoms with Crippen LogP contribution < -0.4 is 10.6 Å². The minimum Gasteiger partial charge on any atom is -0.352 e. The first-order valence-electron chi connectivity index (χ1n) is 11.8. The van der Waals surface area contributed by atoms with E-state index in [9.17, 15) is 14.4 Å². The number of nitrogens with zero attached hydrogens (tertiary/aromatic N) is 2. The zero-order valence-electron chi connectivity index (χ0n) is 19.4. The number of halogens is 1. The molecule has 1 heterocycles. The zero-order valence-corrected chi connectivity index (χ0v) is 20.1. The minimum atomic E-state index is -0.473. The number of rotatable bonds is 8. The maximum absolute atomic E-state index is 13.2. The van der Waals surface area contributed by atoms with E-state index in [1.807, 2.05) is 42.2 Å². The van der Waals surface area contributed by atoms with Gasteiger partial charge in [-0.15, -0.1) is 0 Å². The smallest absolute Gasteiger partial charge is 0.253 e. The van der Waals surface area contributed by atoms with Crippen LogP contribution in [0.2, 0.25) is 5.02 Å². The third-order valence-corrected chi connectivity index (χ3v) is 6.85. The number of carbonyl (C=O) groups is 3. The second-order valence-electron chi connectivity index (χ2n) is 9.00. The Morgan fingerprint density at radius 2 is 1.62 bits per heavy atom. The SMILES string of the molecule is CC(C(=O)NC1CC1)N1CCN(C(=O)CC(NC(=O)c2ccccc2Cl)c2ccccc2)CC1. The molecular weight excluding hydrogens is 452 g/mol. The Labute approximate surface area is 205 Å². The van der Waals surface area contributed by atoms with E-state index in [1.54, 1.807) is 24.3 Å². The minimum absolute atomic E-state index is 0.0250. The van der Waals surface area contributed by atoms with E-state index < -0.39 is 6.04 Å². The van der Waals surface area contributed by atoms with E-state index in [4.69, 9.17) is 11.6 Å². The van der Waals surface area contributed by atoms with Crippen molar-refractivity contribution in [2.24, 2.45) is 0 Å². The normalized spacial score (nSPS) is 18.1. The van der Waals surface area contributed by atoms with Gasteiger partial charge in [-0.2, -0.15) is 0 Å². The maximum atomic E-state index is 13.2. The molecule has 0 spiro atoms. The molecule has 0 radical (unpaired) electrons. The lowest BCUT2D eigenvalue weighted by Crippen LogP contribution is -2.55. The molecule has 2 aromatic rings. The third kappa shape index (κ3) is 6.15. The first-order chi connectivity index (χ1) is 16.4. The second-order valence-corrected chi connectivity index (χ2v) is 9.40. The summed E-state index contributed by atoms with van der Waals surface area (Å²) in [6.45, 7) is 4.32. The van der Waals surface area contributed by atoms with Gasteiger partial charge in [0.2, 0.25) is 11.8 Å². The predicted molar refractivity (Wildman–Crippen MR) is 131 cm³/mol. The number of carbonyl (C=O) groups excluding carboxylic acids is 3. The van der Waals surface area contributed by atoms with Crippen molar-refractivity contribution >= 4 is 29.3 Å². The van der Waals surface area contributed by atoms with E-state index in [2.05, 4.69) is 15.5 Å². The monoisotopic (exact) mass is 482 g/mol. The average molecular weight is 483 g/mol. The lowest BCUT2D eigenvalue weighted by atomic mass is 10.0. The average Bonchev–Trinajstić information content (AvgIpc) is 3.68. The van der Waals surface area contributed by atoms with Crippen LogP contribution in [-0.4, -0.2) is 65.8 Å². The summed E-state index contributed by atoms with van der Waals surface area (Å²) in [5.41, 5.74) is 1.24. The molecule has 7 nitrogen and oxygen atoms in total. The van der Waals surface area contributed by atoms with Crippen molar-refractivity contribution in [1.82, 2.24) is 20.4 Å². The molecule has 1 saturated carbocycles. The first kappa shape index (κ1) is 24.2. The van der Waals surface area contributed by atoms with Gasteiger partial charge in [0.05, 0.1) is 29.1 Å². The Morgan fingerprint density at radius 3 is 2.26 bits per heavy atom. The van der Waals surface area contributed by atoms with Crippen molar-refractivity contribution in [3.8, 4) is 0 Å². The predicted octanol–water partition coefficient (Wildman–Crippen LogP) is 3.01. The molecule has 34 heavy (non-hydrogen) atoms. The molecule has 1 saturated heterocycles. The Kier molecular flexibility index (Phi) is 7.85. The molecule has 0 aromatic heterocycles. The Balaban J connectivity index is 1.37. The van der Waals surface area contributed by atoms with Gasteiger partial charge in [0.15, 0.2) is 0 Å². The first-order valence-corrected chi connectivity index (χ1v) is 12.2. The highest BCUT2D eigenvalue weighted by molar-refractivity contribution is 6.33. The molecule has 0 bridgehead atoms. The number of nitrogens with one attached hydrogen (secondary N) is 2. The summed E-state index contributed by atoms with van der Waals surface area (Å²) in [5, 5.41) is 6.42. The van der Waals surface area contributed by atoms with Crippen molar-refractivity contribution in [3.05, 3.63) is 70.7 Å². The van der Waals surface area contributed by atoms with E-state index in [0.717, 1.165) is 18.4 Å². The van der Waals surface area contributed by atoms with Crippen LogP contribution in [0.1, 0.15) is 48.1 Å². The van der Waals surface area contributed by atoms with E-state index in [1.165, 1.54) is 0 Å². The van der Waals surface area contributed by atoms with Crippen molar-refractivity contribution in [2.45, 2.75) is 44.3 Å². The molecule has 2 aliphatic rings. The van der Waals surface area contributed by atoms with Gasteiger partial charge >= 0.3 is 0 Å². The summed E-state index contributed by atoms with van der Waals surface area (Å²) < 4.78 is 0. The lowest BCUT2D eigenvalue weighted by Gasteiger charge is -2.38. The summed E-state index contributed by atoms with van der Waals surface area (Å²) in [5.74, 6) is -0.274. The Bertz CT molecular complexity index is 1020. The van der Waals surface area contributed by atoms with Crippen molar-refractivity contribution in [3.63, 3.8) is 0 Å². The van der Waals surface area contributed by atoms with Crippen LogP contribution in [0.5, 0.6) is 0 Å². The molecule has 1 aliphatic carbocycles. The van der Waals surface area contributed by atoms with E-state index >= 15 is 0 Å². The molecule has 2 unspecified atom stereocenters. The number of piperazine rings is 1. The van der Waals surface area contributed by atoms with E-state index in [0.29, 0.717) is 42.8 Å². The van der Waals surface area contributed by atoms with Crippen LogP contribution in [-0.2, 0) is 9.59 Å². The molecular formula is C26H31ClN4O3. The standard InChI is InChI=1S/C26H31ClN4O3/c1-18(25(33)28-20-11-12-20)30-13-15-31(16-14-30)24(32)17-23(19-7-3-2-4-8-19)29-26(34)21-9-5-6-10-22(21)27/h2-10,18,20,23H,11-17H2,1H3,(H,28,33)(H,29,34). The van der Waals surface area contributed by atoms with Crippen LogP contribution in [0.3, 0.4) is 0 Å². The van der Waals surface area contributed by atoms with Crippen molar-refractivity contribution < 1.29 is 14.4 Å². The molecule has 4 rings (SSSR count). The zero-order chi connectivity index (χ0) is 24.1. The van der Waals surface area contributed by atoms with E-state index in [-0.39, 0.29) is 30.2 Å². The number of hydrogen-bond donors (Lipinski definition) is 2. The van der Waals surface area contributed by atoms with Gasteiger partial charge in [-0.05, 0) is 37.5 Å². The van der Waals surface area contributed by atoms with Crippen LogP contribution in [0, 0.1) is 0 Å². The molecule has 8 heteroatoms.